The van der Waals surface area contributed by atoms with E-state index in [1.54, 1.807) is 0 Å². The van der Waals surface area contributed by atoms with Gasteiger partial charge in [-0.3, -0.25) is 4.79 Å². The number of hydrogen-bond acceptors (Lipinski definition) is 7. The maximum atomic E-state index is 11.9. The number of carboxylic acid groups (broad SMARTS) is 2. The topological polar surface area (TPSA) is 168 Å². The second kappa shape index (κ2) is 14.5. The third kappa shape index (κ3) is 9.66. The molecule has 2 aromatic rings. The fourth-order valence-corrected chi connectivity index (χ4v) is 3.97. The first kappa shape index (κ1) is 30.0. The second-order valence-electron chi connectivity index (χ2n) is 8.95. The quantitative estimate of drug-likeness (QED) is 0.252. The van der Waals surface area contributed by atoms with Gasteiger partial charge in [0.15, 0.2) is 12.2 Å². The van der Waals surface area contributed by atoms with Crippen molar-refractivity contribution in [1.82, 2.24) is 10.6 Å². The molecule has 10 nitrogen and oxygen atoms in total. The molecule has 0 fully saturated rings. The molecule has 0 aliphatic carbocycles. The van der Waals surface area contributed by atoms with E-state index in [0.29, 0.717) is 13.0 Å². The summed E-state index contributed by atoms with van der Waals surface area (Å²) >= 11 is 6.48. The van der Waals surface area contributed by atoms with Crippen molar-refractivity contribution in [2.24, 2.45) is 0 Å². The Morgan fingerprint density at radius 1 is 0.919 bits per heavy atom. The lowest BCUT2D eigenvalue weighted by Crippen LogP contribution is -2.39. The molecule has 2 aromatic carbocycles. The zero-order valence-corrected chi connectivity index (χ0v) is 21.6. The molecular formula is C26H34ClN3O7. The molecule has 11 heteroatoms. The van der Waals surface area contributed by atoms with Gasteiger partial charge in [0.05, 0.1) is 17.1 Å². The van der Waals surface area contributed by atoms with Gasteiger partial charge in [-0.25, -0.2) is 9.59 Å². The van der Waals surface area contributed by atoms with E-state index in [4.69, 9.17) is 32.0 Å². The third-order valence-corrected chi connectivity index (χ3v) is 5.91. The fraction of sp³-hybridized carbons (Fsp3) is 0.423. The van der Waals surface area contributed by atoms with Crippen LogP contribution in [0.25, 0.3) is 0 Å². The van der Waals surface area contributed by atoms with E-state index in [1.165, 1.54) is 16.7 Å². The van der Waals surface area contributed by atoms with E-state index in [-0.39, 0.29) is 11.9 Å². The summed E-state index contributed by atoms with van der Waals surface area (Å²) in [5.41, 5.74) is 5.95. The van der Waals surface area contributed by atoms with E-state index < -0.39 is 24.1 Å². The molecule has 0 aromatic heterocycles. The number of anilines is 1. The second-order valence-corrected chi connectivity index (χ2v) is 9.35. The molecule has 0 unspecified atom stereocenters. The summed E-state index contributed by atoms with van der Waals surface area (Å²) in [6.07, 6.45) is -2.09. The van der Waals surface area contributed by atoms with Gasteiger partial charge in [-0.1, -0.05) is 41.9 Å². The third-order valence-electron chi connectivity index (χ3n) is 5.59. The summed E-state index contributed by atoms with van der Waals surface area (Å²) in [6, 6.07) is 12.5. The summed E-state index contributed by atoms with van der Waals surface area (Å²) in [4.78, 5) is 31.4. The van der Waals surface area contributed by atoms with Gasteiger partial charge in [-0.05, 0) is 68.1 Å². The Kier molecular flexibility index (Phi) is 11.8. The van der Waals surface area contributed by atoms with E-state index in [9.17, 15) is 14.4 Å². The lowest BCUT2D eigenvalue weighted by molar-refractivity contribution is -0.165. The highest BCUT2D eigenvalue weighted by Crippen LogP contribution is 2.31. The summed E-state index contributed by atoms with van der Waals surface area (Å²) in [5.74, 6) is -3.48. The van der Waals surface area contributed by atoms with E-state index in [0.717, 1.165) is 42.2 Å². The number of fused-ring (bicyclic) bond motifs is 1. The van der Waals surface area contributed by atoms with Crippen molar-refractivity contribution < 1.29 is 34.8 Å². The number of aliphatic hydroxyl groups excluding tert-OH is 2. The highest BCUT2D eigenvalue weighted by Gasteiger charge is 2.29. The van der Waals surface area contributed by atoms with Crippen molar-refractivity contribution in [1.29, 1.82) is 0 Å². The number of rotatable bonds is 9. The lowest BCUT2D eigenvalue weighted by atomic mass is 10.0. The zero-order chi connectivity index (χ0) is 27.5. The van der Waals surface area contributed by atoms with Crippen molar-refractivity contribution in [2.45, 2.75) is 57.9 Å². The summed E-state index contributed by atoms with van der Waals surface area (Å²) < 4.78 is 0. The monoisotopic (exact) mass is 535 g/mol. The first-order valence-corrected chi connectivity index (χ1v) is 12.3. The van der Waals surface area contributed by atoms with Gasteiger partial charge >= 0.3 is 11.9 Å². The van der Waals surface area contributed by atoms with Crippen LogP contribution in [-0.4, -0.2) is 69.6 Å². The van der Waals surface area contributed by atoms with Gasteiger partial charge in [0.2, 0.25) is 5.91 Å². The number of halogens is 1. The molecule has 0 saturated carbocycles. The van der Waals surface area contributed by atoms with Gasteiger partial charge in [0.1, 0.15) is 0 Å². The Morgan fingerprint density at radius 2 is 1.49 bits per heavy atom. The van der Waals surface area contributed by atoms with E-state index in [2.05, 4.69) is 34.1 Å². The molecule has 7 N–H and O–H groups in total. The highest BCUT2D eigenvalue weighted by atomic mass is 35.5. The SMILES string of the molecule is CC(C)NC(=O)Cc1ccc(CNc2c(Cl)ccc3c2CCNCC3)cc1.O=C(O)[C@H](O)[C@@H](O)C(=O)O. The molecule has 2 atom stereocenters. The molecule has 0 saturated heterocycles. The molecule has 0 bridgehead atoms. The van der Waals surface area contributed by atoms with Crippen LogP contribution in [0.15, 0.2) is 36.4 Å². The van der Waals surface area contributed by atoms with Crippen molar-refractivity contribution in [3.05, 3.63) is 63.7 Å². The van der Waals surface area contributed by atoms with Crippen molar-refractivity contribution in [2.75, 3.05) is 18.4 Å². The maximum absolute atomic E-state index is 11.9. The molecule has 1 aliphatic heterocycles. The van der Waals surface area contributed by atoms with Crippen LogP contribution in [-0.2, 0) is 40.2 Å². The number of amides is 1. The smallest absolute Gasteiger partial charge is 0.335 e. The average Bonchev–Trinajstić information content (AvgIpc) is 3.09. The number of nitrogens with one attached hydrogen (secondary N) is 3. The summed E-state index contributed by atoms with van der Waals surface area (Å²) in [7, 11) is 0. The lowest BCUT2D eigenvalue weighted by Gasteiger charge is -2.16. The maximum Gasteiger partial charge on any atom is 0.335 e. The number of aliphatic carboxylic acids is 2. The average molecular weight is 536 g/mol. The van der Waals surface area contributed by atoms with Crippen LogP contribution < -0.4 is 16.0 Å². The summed E-state index contributed by atoms with van der Waals surface area (Å²) in [6.45, 7) is 6.65. The van der Waals surface area contributed by atoms with Gasteiger partial charge in [-0.15, -0.1) is 0 Å². The molecule has 3 rings (SSSR count). The fourth-order valence-electron chi connectivity index (χ4n) is 3.73. The zero-order valence-electron chi connectivity index (χ0n) is 20.8. The molecule has 0 spiro atoms. The van der Waals surface area contributed by atoms with Crippen LogP contribution in [0, 0.1) is 0 Å². The van der Waals surface area contributed by atoms with Crippen molar-refractivity contribution in [3.8, 4) is 0 Å². The normalized spacial score (nSPS) is 14.3. The van der Waals surface area contributed by atoms with Crippen LogP contribution in [0.3, 0.4) is 0 Å². The van der Waals surface area contributed by atoms with Crippen LogP contribution in [0.4, 0.5) is 5.69 Å². The number of carboxylic acids is 2. The van der Waals surface area contributed by atoms with Crippen LogP contribution >= 0.6 is 11.6 Å². The highest BCUT2D eigenvalue weighted by molar-refractivity contribution is 6.33. The number of benzene rings is 2. The number of aliphatic hydroxyl groups is 2. The Balaban J connectivity index is 0.000000410. The number of carbonyl (C=O) groups is 3. The van der Waals surface area contributed by atoms with E-state index >= 15 is 0 Å². The molecule has 37 heavy (non-hydrogen) atoms. The standard InChI is InChI=1S/C22H28ClN3O.C4H6O6/c1-15(2)26-21(27)13-16-3-5-17(6-4-16)14-25-22-19-10-12-24-11-9-18(19)7-8-20(22)23;5-1(3(7)8)2(6)4(9)10/h3-8,15,24-25H,9-14H2,1-2H3,(H,26,27);1-2,5-6H,(H,7,8)(H,9,10)/t;1-,2-/m.1/s1. The Bertz CT molecular complexity index is 1060. The molecular weight excluding hydrogens is 502 g/mol. The van der Waals surface area contributed by atoms with Crippen molar-refractivity contribution in [3.63, 3.8) is 0 Å². The first-order valence-electron chi connectivity index (χ1n) is 11.9. The molecule has 1 amide bonds. The number of carbonyl (C=O) groups excluding carboxylic acids is 1. The predicted molar refractivity (Wildman–Crippen MR) is 140 cm³/mol. The largest absolute Gasteiger partial charge is 0.479 e. The summed E-state index contributed by atoms with van der Waals surface area (Å²) in [5, 5.41) is 43.2. The molecule has 1 heterocycles. The first-order chi connectivity index (χ1) is 17.5. The van der Waals surface area contributed by atoms with Crippen LogP contribution in [0.5, 0.6) is 0 Å². The minimum Gasteiger partial charge on any atom is -0.479 e. The van der Waals surface area contributed by atoms with Crippen molar-refractivity contribution >= 4 is 35.1 Å². The van der Waals surface area contributed by atoms with Gasteiger partial charge < -0.3 is 36.4 Å². The van der Waals surface area contributed by atoms with Crippen LogP contribution in [0.2, 0.25) is 5.02 Å². The molecule has 202 valence electrons. The minimum atomic E-state index is -2.27. The molecule has 1 aliphatic rings. The van der Waals surface area contributed by atoms with Gasteiger partial charge in [0, 0.05) is 12.6 Å². The Morgan fingerprint density at radius 3 is 2.05 bits per heavy atom. The Hall–Kier alpha value is -3.18. The predicted octanol–water partition coefficient (Wildman–Crippen LogP) is 1.58. The van der Waals surface area contributed by atoms with E-state index in [1.807, 2.05) is 32.0 Å². The van der Waals surface area contributed by atoms with Crippen LogP contribution in [0.1, 0.15) is 36.1 Å². The van der Waals surface area contributed by atoms with Gasteiger partial charge in [-0.2, -0.15) is 0 Å². The van der Waals surface area contributed by atoms with Gasteiger partial charge in [0.25, 0.3) is 0 Å². The number of hydrogen-bond donors (Lipinski definition) is 7. The Labute approximate surface area is 220 Å². The molecule has 0 radical (unpaired) electrons. The minimum absolute atomic E-state index is 0.0586.